The molecule has 2 rings (SSSR count). The Hall–Kier alpha value is -1.11. The van der Waals surface area contributed by atoms with E-state index < -0.39 is 15.3 Å². The highest BCUT2D eigenvalue weighted by Gasteiger charge is 2.28. The fraction of sp³-hybridized carbons (Fsp3) is 0.538. The van der Waals surface area contributed by atoms with Crippen LogP contribution in [0.3, 0.4) is 0 Å². The van der Waals surface area contributed by atoms with Crippen molar-refractivity contribution in [3.63, 3.8) is 0 Å². The van der Waals surface area contributed by atoms with E-state index in [9.17, 15) is 8.42 Å². The van der Waals surface area contributed by atoms with Crippen molar-refractivity contribution in [2.75, 3.05) is 25.5 Å². The number of nitrogens with zero attached hydrogens (tertiary/aromatic N) is 1. The zero-order valence-corrected chi connectivity index (χ0v) is 12.2. The average molecular weight is 283 g/mol. The lowest BCUT2D eigenvalue weighted by Gasteiger charge is -2.29. The van der Waals surface area contributed by atoms with Crippen molar-refractivity contribution in [3.8, 4) is 0 Å². The smallest absolute Gasteiger partial charge is 0.213 e. The van der Waals surface area contributed by atoms with Gasteiger partial charge in [-0.2, -0.15) is 0 Å². The summed E-state index contributed by atoms with van der Waals surface area (Å²) in [4.78, 5) is 2.05. The van der Waals surface area contributed by atoms with E-state index in [-0.39, 0.29) is 6.04 Å². The maximum atomic E-state index is 11.3. The normalized spacial score (nSPS) is 24.2. The predicted molar refractivity (Wildman–Crippen MR) is 77.6 cm³/mol. The Labute approximate surface area is 114 Å². The number of sulfonamides is 1. The molecule has 19 heavy (non-hydrogen) atoms. The summed E-state index contributed by atoms with van der Waals surface area (Å²) in [6.45, 7) is 0.429. The summed E-state index contributed by atoms with van der Waals surface area (Å²) in [5.74, 6) is 0. The largest absolute Gasteiger partial charge is 0.378 e. The molecule has 0 aromatic heterocycles. The molecule has 1 aromatic rings. The van der Waals surface area contributed by atoms with Gasteiger partial charge in [0.15, 0.2) is 0 Å². The maximum absolute atomic E-state index is 11.3. The summed E-state index contributed by atoms with van der Waals surface area (Å²) >= 11 is 0. The van der Waals surface area contributed by atoms with Crippen LogP contribution in [0.15, 0.2) is 24.3 Å². The summed E-state index contributed by atoms with van der Waals surface area (Å²) in [5.41, 5.74) is 2.35. The van der Waals surface area contributed by atoms with Crippen molar-refractivity contribution < 1.29 is 8.42 Å². The molecule has 1 aliphatic heterocycles. The number of benzene rings is 1. The summed E-state index contributed by atoms with van der Waals surface area (Å²) < 4.78 is 22.6. The van der Waals surface area contributed by atoms with Gasteiger partial charge < -0.3 is 10.2 Å². The van der Waals surface area contributed by atoms with Crippen LogP contribution in [0.2, 0.25) is 0 Å². The first-order valence-corrected chi connectivity index (χ1v) is 8.01. The lowest BCUT2D eigenvalue weighted by Crippen LogP contribution is -2.43. The fourth-order valence-electron chi connectivity index (χ4n) is 2.40. The average Bonchev–Trinajstić information content (AvgIpc) is 2.38. The Balaban J connectivity index is 2.02. The molecule has 0 amide bonds. The third-order valence-electron chi connectivity index (χ3n) is 3.65. The molecule has 2 unspecified atom stereocenters. The molecule has 6 heteroatoms. The number of nitrogens with two attached hydrogens (primary N) is 1. The molecule has 1 aliphatic rings. The summed E-state index contributed by atoms with van der Waals surface area (Å²) in [7, 11) is 0.590. The van der Waals surface area contributed by atoms with Gasteiger partial charge in [0.2, 0.25) is 10.0 Å². The summed E-state index contributed by atoms with van der Waals surface area (Å²) in [6, 6.07) is 8.54. The summed E-state index contributed by atoms with van der Waals surface area (Å²) in [6.07, 6.45) is 1.41. The molecule has 0 radical (unpaired) electrons. The standard InChI is InChI=1S/C13H21N3O2S/c1-16(2)11-5-3-10(4-6-11)13-8-7-12(9-15-13)19(14,17)18/h3-6,12-13,15H,7-9H2,1-2H3,(H2,14,17,18). The van der Waals surface area contributed by atoms with Crippen molar-refractivity contribution >= 4 is 15.7 Å². The van der Waals surface area contributed by atoms with Gasteiger partial charge in [0.05, 0.1) is 5.25 Å². The van der Waals surface area contributed by atoms with Crippen LogP contribution in [0, 0.1) is 0 Å². The Kier molecular flexibility index (Phi) is 4.13. The molecule has 1 fully saturated rings. The molecule has 0 bridgehead atoms. The quantitative estimate of drug-likeness (QED) is 0.862. The molecule has 5 nitrogen and oxygen atoms in total. The van der Waals surface area contributed by atoms with Crippen LogP contribution in [0.25, 0.3) is 0 Å². The van der Waals surface area contributed by atoms with E-state index in [1.165, 1.54) is 5.56 Å². The third kappa shape index (κ3) is 3.46. The third-order valence-corrected chi connectivity index (χ3v) is 4.98. The molecule has 2 atom stereocenters. The molecule has 1 saturated heterocycles. The van der Waals surface area contributed by atoms with Crippen LogP contribution in [-0.4, -0.2) is 34.3 Å². The van der Waals surface area contributed by atoms with Crippen molar-refractivity contribution in [2.45, 2.75) is 24.1 Å². The van der Waals surface area contributed by atoms with Gasteiger partial charge in [-0.3, -0.25) is 0 Å². The number of primary sulfonamides is 1. The first-order chi connectivity index (χ1) is 8.88. The van der Waals surface area contributed by atoms with Crippen molar-refractivity contribution in [3.05, 3.63) is 29.8 Å². The topological polar surface area (TPSA) is 75.4 Å². The highest BCUT2D eigenvalue weighted by Crippen LogP contribution is 2.26. The molecule has 1 heterocycles. The van der Waals surface area contributed by atoms with E-state index in [0.29, 0.717) is 13.0 Å². The lowest BCUT2D eigenvalue weighted by molar-refractivity contribution is 0.408. The van der Waals surface area contributed by atoms with Gasteiger partial charge in [0.1, 0.15) is 0 Å². The first kappa shape index (κ1) is 14.3. The van der Waals surface area contributed by atoms with Crippen LogP contribution < -0.4 is 15.4 Å². The van der Waals surface area contributed by atoms with Crippen LogP contribution in [0.1, 0.15) is 24.4 Å². The Morgan fingerprint density at radius 3 is 2.26 bits per heavy atom. The van der Waals surface area contributed by atoms with E-state index in [0.717, 1.165) is 12.1 Å². The lowest BCUT2D eigenvalue weighted by atomic mass is 9.97. The first-order valence-electron chi connectivity index (χ1n) is 6.40. The van der Waals surface area contributed by atoms with E-state index in [2.05, 4.69) is 34.5 Å². The molecule has 1 aromatic carbocycles. The van der Waals surface area contributed by atoms with Gasteiger partial charge in [-0.15, -0.1) is 0 Å². The molecule has 3 N–H and O–H groups in total. The molecular weight excluding hydrogens is 262 g/mol. The Morgan fingerprint density at radius 1 is 1.21 bits per heavy atom. The number of hydrogen-bond acceptors (Lipinski definition) is 4. The molecule has 0 spiro atoms. The second-order valence-corrected chi connectivity index (χ2v) is 7.08. The van der Waals surface area contributed by atoms with Gasteiger partial charge in [-0.05, 0) is 30.5 Å². The van der Waals surface area contributed by atoms with E-state index in [4.69, 9.17) is 5.14 Å². The van der Waals surface area contributed by atoms with E-state index in [1.807, 2.05) is 14.1 Å². The van der Waals surface area contributed by atoms with Crippen molar-refractivity contribution in [1.29, 1.82) is 0 Å². The second-order valence-electron chi connectivity index (χ2n) is 5.24. The number of hydrogen-bond donors (Lipinski definition) is 2. The van der Waals surface area contributed by atoms with Crippen molar-refractivity contribution in [1.82, 2.24) is 5.32 Å². The second kappa shape index (κ2) is 5.48. The van der Waals surface area contributed by atoms with Gasteiger partial charge in [-0.25, -0.2) is 13.6 Å². The minimum Gasteiger partial charge on any atom is -0.378 e. The van der Waals surface area contributed by atoms with Crippen LogP contribution in [0.4, 0.5) is 5.69 Å². The Bertz CT molecular complexity index is 517. The molecule has 0 aliphatic carbocycles. The van der Waals surface area contributed by atoms with E-state index >= 15 is 0 Å². The SMILES string of the molecule is CN(C)c1ccc(C2CCC(S(N)(=O)=O)CN2)cc1. The minimum atomic E-state index is -3.42. The number of rotatable bonds is 3. The molecule has 0 saturated carbocycles. The predicted octanol–water partition coefficient (Wildman–Crippen LogP) is 0.834. The maximum Gasteiger partial charge on any atom is 0.213 e. The van der Waals surface area contributed by atoms with E-state index in [1.54, 1.807) is 0 Å². The zero-order chi connectivity index (χ0) is 14.0. The van der Waals surface area contributed by atoms with Gasteiger partial charge in [0, 0.05) is 32.4 Å². The monoisotopic (exact) mass is 283 g/mol. The summed E-state index contributed by atoms with van der Waals surface area (Å²) in [5, 5.41) is 7.99. The highest BCUT2D eigenvalue weighted by atomic mass is 32.2. The van der Waals surface area contributed by atoms with Crippen LogP contribution in [0.5, 0.6) is 0 Å². The molecular formula is C13H21N3O2S. The molecule has 106 valence electrons. The highest BCUT2D eigenvalue weighted by molar-refractivity contribution is 7.89. The van der Waals surface area contributed by atoms with Crippen LogP contribution in [-0.2, 0) is 10.0 Å². The fourth-order valence-corrected chi connectivity index (χ4v) is 3.19. The minimum absolute atomic E-state index is 0.217. The zero-order valence-electron chi connectivity index (χ0n) is 11.3. The van der Waals surface area contributed by atoms with Gasteiger partial charge >= 0.3 is 0 Å². The Morgan fingerprint density at radius 2 is 1.84 bits per heavy atom. The van der Waals surface area contributed by atoms with Crippen molar-refractivity contribution in [2.24, 2.45) is 5.14 Å². The number of anilines is 1. The number of nitrogens with one attached hydrogen (secondary N) is 1. The van der Waals surface area contributed by atoms with Crippen LogP contribution >= 0.6 is 0 Å². The van der Waals surface area contributed by atoms with Gasteiger partial charge in [0.25, 0.3) is 0 Å². The van der Waals surface area contributed by atoms with Gasteiger partial charge in [-0.1, -0.05) is 12.1 Å². The number of piperidine rings is 1.